The summed E-state index contributed by atoms with van der Waals surface area (Å²) in [6.45, 7) is 1.90. The number of nitrogens with one attached hydrogen (secondary N) is 1. The minimum absolute atomic E-state index is 0.0809. The molecule has 0 spiro atoms. The van der Waals surface area contributed by atoms with Gasteiger partial charge in [-0.1, -0.05) is 6.07 Å². The number of benzene rings is 1. The molecule has 1 amide bonds. The van der Waals surface area contributed by atoms with Crippen LogP contribution < -0.4 is 16.0 Å². The smallest absolute Gasteiger partial charge is 0.242 e. The van der Waals surface area contributed by atoms with E-state index in [0.717, 1.165) is 18.5 Å². The zero-order valence-corrected chi connectivity index (χ0v) is 10.3. The minimum Gasteiger partial charge on any atom is -0.399 e. The van der Waals surface area contributed by atoms with Gasteiger partial charge in [0.15, 0.2) is 0 Å². The molecule has 1 aromatic carbocycles. The van der Waals surface area contributed by atoms with Gasteiger partial charge in [0.25, 0.3) is 0 Å². The van der Waals surface area contributed by atoms with E-state index in [1.165, 1.54) is 0 Å². The molecule has 0 bridgehead atoms. The second kappa shape index (κ2) is 4.65. The number of likely N-dealkylation sites (N-methyl/N-ethyl adjacent to an activating group) is 1. The Morgan fingerprint density at radius 3 is 2.82 bits per heavy atom. The van der Waals surface area contributed by atoms with E-state index in [4.69, 9.17) is 5.73 Å². The lowest BCUT2D eigenvalue weighted by molar-refractivity contribution is -0.122. The highest BCUT2D eigenvalue weighted by atomic mass is 16.2. The molecule has 1 fully saturated rings. The van der Waals surface area contributed by atoms with Crippen LogP contribution in [-0.4, -0.2) is 25.0 Å². The number of carbonyl (C=O) groups excluding carboxylic acids is 1. The van der Waals surface area contributed by atoms with Gasteiger partial charge in [-0.05, 0) is 38.0 Å². The fraction of sp³-hybridized carbons (Fsp3) is 0.462. The van der Waals surface area contributed by atoms with Gasteiger partial charge < -0.3 is 16.0 Å². The SMILES string of the molecule is CC(C(=O)NC1CC1)N(C)c1cccc(N)c1. The van der Waals surface area contributed by atoms with Crippen LogP contribution in [0.4, 0.5) is 11.4 Å². The summed E-state index contributed by atoms with van der Waals surface area (Å²) in [5, 5.41) is 3.01. The molecule has 17 heavy (non-hydrogen) atoms. The van der Waals surface area contributed by atoms with Crippen molar-refractivity contribution in [3.05, 3.63) is 24.3 Å². The van der Waals surface area contributed by atoms with Crippen LogP contribution in [0.5, 0.6) is 0 Å². The van der Waals surface area contributed by atoms with Crippen molar-refractivity contribution in [1.82, 2.24) is 5.32 Å². The number of amides is 1. The molecule has 0 aliphatic heterocycles. The molecule has 0 heterocycles. The van der Waals surface area contributed by atoms with E-state index in [-0.39, 0.29) is 11.9 Å². The van der Waals surface area contributed by atoms with Crippen molar-refractivity contribution >= 4 is 17.3 Å². The minimum atomic E-state index is -0.183. The van der Waals surface area contributed by atoms with Gasteiger partial charge in [0.05, 0.1) is 0 Å². The summed E-state index contributed by atoms with van der Waals surface area (Å²) in [6.07, 6.45) is 2.22. The molecular weight excluding hydrogens is 214 g/mol. The molecule has 0 aromatic heterocycles. The standard InChI is InChI=1S/C13H19N3O/c1-9(13(17)15-11-6-7-11)16(2)12-5-3-4-10(14)8-12/h3-5,8-9,11H,6-7,14H2,1-2H3,(H,15,17). The maximum Gasteiger partial charge on any atom is 0.242 e. The average molecular weight is 233 g/mol. The van der Waals surface area contributed by atoms with Gasteiger partial charge in [0.2, 0.25) is 5.91 Å². The first-order valence-corrected chi connectivity index (χ1v) is 5.96. The van der Waals surface area contributed by atoms with Crippen molar-refractivity contribution < 1.29 is 4.79 Å². The number of nitrogens with two attached hydrogens (primary N) is 1. The van der Waals surface area contributed by atoms with Gasteiger partial charge in [-0.3, -0.25) is 4.79 Å². The van der Waals surface area contributed by atoms with Crippen LogP contribution in [0.15, 0.2) is 24.3 Å². The Bertz CT molecular complexity index is 415. The molecular formula is C13H19N3O. The topological polar surface area (TPSA) is 58.4 Å². The van der Waals surface area contributed by atoms with Crippen molar-refractivity contribution in [3.8, 4) is 0 Å². The Labute approximate surface area is 102 Å². The first-order valence-electron chi connectivity index (χ1n) is 5.96. The Morgan fingerprint density at radius 2 is 2.24 bits per heavy atom. The Morgan fingerprint density at radius 1 is 1.53 bits per heavy atom. The quantitative estimate of drug-likeness (QED) is 0.772. The summed E-state index contributed by atoms with van der Waals surface area (Å²) < 4.78 is 0. The monoisotopic (exact) mass is 233 g/mol. The van der Waals surface area contributed by atoms with Gasteiger partial charge in [-0.2, -0.15) is 0 Å². The molecule has 4 heteroatoms. The van der Waals surface area contributed by atoms with Gasteiger partial charge in [-0.15, -0.1) is 0 Å². The molecule has 0 radical (unpaired) electrons. The average Bonchev–Trinajstić information content (AvgIpc) is 3.11. The molecule has 2 rings (SSSR count). The van der Waals surface area contributed by atoms with Crippen molar-refractivity contribution in [1.29, 1.82) is 0 Å². The van der Waals surface area contributed by atoms with E-state index in [1.54, 1.807) is 0 Å². The van der Waals surface area contributed by atoms with Crippen LogP contribution in [0.1, 0.15) is 19.8 Å². The highest BCUT2D eigenvalue weighted by Gasteiger charge is 2.27. The summed E-state index contributed by atoms with van der Waals surface area (Å²) in [7, 11) is 1.91. The van der Waals surface area contributed by atoms with Crippen molar-refractivity contribution in [3.63, 3.8) is 0 Å². The van der Waals surface area contributed by atoms with Gasteiger partial charge >= 0.3 is 0 Å². The fourth-order valence-electron chi connectivity index (χ4n) is 1.69. The molecule has 1 saturated carbocycles. The van der Waals surface area contributed by atoms with Crippen LogP contribution >= 0.6 is 0 Å². The van der Waals surface area contributed by atoms with E-state index in [1.807, 2.05) is 43.1 Å². The first kappa shape index (κ1) is 11.8. The van der Waals surface area contributed by atoms with Crippen LogP contribution in [0.2, 0.25) is 0 Å². The summed E-state index contributed by atoms with van der Waals surface area (Å²) in [5.74, 6) is 0.0809. The molecule has 4 nitrogen and oxygen atoms in total. The Hall–Kier alpha value is -1.71. The maximum atomic E-state index is 11.9. The lowest BCUT2D eigenvalue weighted by Crippen LogP contribution is -2.44. The second-order valence-corrected chi connectivity index (χ2v) is 4.66. The number of nitrogen functional groups attached to an aromatic ring is 1. The number of carbonyl (C=O) groups is 1. The third kappa shape index (κ3) is 2.90. The van der Waals surface area contributed by atoms with Crippen LogP contribution in [0, 0.1) is 0 Å². The van der Waals surface area contributed by atoms with Gasteiger partial charge in [-0.25, -0.2) is 0 Å². The summed E-state index contributed by atoms with van der Waals surface area (Å²) in [4.78, 5) is 13.8. The van der Waals surface area contributed by atoms with Crippen molar-refractivity contribution in [2.45, 2.75) is 31.8 Å². The number of nitrogens with zero attached hydrogens (tertiary/aromatic N) is 1. The van der Waals surface area contributed by atoms with Crippen LogP contribution in [0.3, 0.4) is 0 Å². The summed E-state index contributed by atoms with van der Waals surface area (Å²) in [5.41, 5.74) is 7.41. The van der Waals surface area contributed by atoms with E-state index in [9.17, 15) is 4.79 Å². The molecule has 3 N–H and O–H groups in total. The lowest BCUT2D eigenvalue weighted by Gasteiger charge is -2.26. The number of anilines is 2. The Kier molecular flexibility index (Phi) is 3.22. The molecule has 1 aliphatic rings. The van der Waals surface area contributed by atoms with E-state index >= 15 is 0 Å². The number of hydrogen-bond donors (Lipinski definition) is 2. The maximum absolute atomic E-state index is 11.9. The predicted molar refractivity (Wildman–Crippen MR) is 69.9 cm³/mol. The lowest BCUT2D eigenvalue weighted by atomic mass is 10.2. The van der Waals surface area contributed by atoms with E-state index < -0.39 is 0 Å². The largest absolute Gasteiger partial charge is 0.399 e. The fourth-order valence-corrected chi connectivity index (χ4v) is 1.69. The van der Waals surface area contributed by atoms with E-state index in [0.29, 0.717) is 11.7 Å². The zero-order chi connectivity index (χ0) is 12.4. The van der Waals surface area contributed by atoms with E-state index in [2.05, 4.69) is 5.32 Å². The highest BCUT2D eigenvalue weighted by Crippen LogP contribution is 2.21. The predicted octanol–water partition coefficient (Wildman–Crippen LogP) is 1.37. The third-order valence-corrected chi connectivity index (χ3v) is 3.16. The third-order valence-electron chi connectivity index (χ3n) is 3.16. The Balaban J connectivity index is 2.02. The number of hydrogen-bond acceptors (Lipinski definition) is 3. The van der Waals surface area contributed by atoms with Gasteiger partial charge in [0.1, 0.15) is 6.04 Å². The zero-order valence-electron chi connectivity index (χ0n) is 10.3. The van der Waals surface area contributed by atoms with Crippen molar-refractivity contribution in [2.75, 3.05) is 17.7 Å². The molecule has 92 valence electrons. The highest BCUT2D eigenvalue weighted by molar-refractivity contribution is 5.85. The molecule has 1 atom stereocenters. The molecule has 1 aliphatic carbocycles. The summed E-state index contributed by atoms with van der Waals surface area (Å²) in [6, 6.07) is 7.79. The van der Waals surface area contributed by atoms with Crippen LogP contribution in [-0.2, 0) is 4.79 Å². The van der Waals surface area contributed by atoms with Crippen molar-refractivity contribution in [2.24, 2.45) is 0 Å². The second-order valence-electron chi connectivity index (χ2n) is 4.66. The molecule has 1 unspecified atom stereocenters. The first-order chi connectivity index (χ1) is 8.08. The van der Waals surface area contributed by atoms with Gasteiger partial charge in [0, 0.05) is 24.5 Å². The van der Waals surface area contributed by atoms with Crippen LogP contribution in [0.25, 0.3) is 0 Å². The summed E-state index contributed by atoms with van der Waals surface area (Å²) >= 11 is 0. The molecule has 0 saturated heterocycles. The number of rotatable bonds is 4. The molecule has 1 aromatic rings. The normalized spacial score (nSPS) is 16.4.